The van der Waals surface area contributed by atoms with Gasteiger partial charge in [0.2, 0.25) is 5.91 Å². The van der Waals surface area contributed by atoms with Crippen molar-refractivity contribution in [1.82, 2.24) is 15.1 Å². The summed E-state index contributed by atoms with van der Waals surface area (Å²) in [6.45, 7) is 2.72. The van der Waals surface area contributed by atoms with Crippen molar-refractivity contribution in [3.63, 3.8) is 0 Å². The summed E-state index contributed by atoms with van der Waals surface area (Å²) in [4.78, 5) is 16.9. The molecule has 1 atom stereocenters. The van der Waals surface area contributed by atoms with Crippen LogP contribution in [0.15, 0.2) is 0 Å². The minimum atomic E-state index is -0.00979. The van der Waals surface area contributed by atoms with Gasteiger partial charge in [-0.25, -0.2) is 0 Å². The minimum absolute atomic E-state index is 0.00979. The molecule has 0 aromatic carbocycles. The van der Waals surface area contributed by atoms with Crippen molar-refractivity contribution in [2.75, 3.05) is 33.7 Å². The number of likely N-dealkylation sites (N-methyl/N-ethyl adjacent to an activating group) is 1. The van der Waals surface area contributed by atoms with E-state index in [1.807, 2.05) is 14.1 Å². The highest BCUT2D eigenvalue weighted by molar-refractivity contribution is 5.82. The van der Waals surface area contributed by atoms with E-state index in [0.717, 1.165) is 26.1 Å². The van der Waals surface area contributed by atoms with Gasteiger partial charge in [0.15, 0.2) is 0 Å². The minimum Gasteiger partial charge on any atom is -0.338 e. The Morgan fingerprint density at radius 3 is 2.61 bits per heavy atom. The van der Waals surface area contributed by atoms with Crippen molar-refractivity contribution < 1.29 is 4.79 Å². The first kappa shape index (κ1) is 13.8. The molecule has 0 aromatic heterocycles. The van der Waals surface area contributed by atoms with Crippen LogP contribution in [0.3, 0.4) is 0 Å². The number of carbonyl (C=O) groups is 1. The van der Waals surface area contributed by atoms with E-state index in [1.165, 1.54) is 32.1 Å². The highest BCUT2D eigenvalue weighted by Gasteiger charge is 2.32. The van der Waals surface area contributed by atoms with E-state index < -0.39 is 0 Å². The van der Waals surface area contributed by atoms with Crippen LogP contribution in [0, 0.1) is 0 Å². The first-order valence-electron chi connectivity index (χ1n) is 7.37. The summed E-state index contributed by atoms with van der Waals surface area (Å²) in [5, 5.41) is 3.40. The molecule has 1 amide bonds. The van der Waals surface area contributed by atoms with Crippen molar-refractivity contribution in [3.05, 3.63) is 0 Å². The summed E-state index contributed by atoms with van der Waals surface area (Å²) in [7, 11) is 4.07. The molecule has 1 heterocycles. The van der Waals surface area contributed by atoms with Crippen LogP contribution in [0.1, 0.15) is 38.5 Å². The van der Waals surface area contributed by atoms with Gasteiger partial charge in [-0.05, 0) is 39.9 Å². The predicted molar refractivity (Wildman–Crippen MR) is 73.5 cm³/mol. The highest BCUT2D eigenvalue weighted by Crippen LogP contribution is 2.24. The first-order valence-corrected chi connectivity index (χ1v) is 7.37. The molecular formula is C14H27N3O. The highest BCUT2D eigenvalue weighted by atomic mass is 16.2. The van der Waals surface area contributed by atoms with E-state index in [2.05, 4.69) is 15.1 Å². The Morgan fingerprint density at radius 1 is 1.22 bits per heavy atom. The molecule has 104 valence electrons. The molecule has 4 nitrogen and oxygen atoms in total. The second-order valence-electron chi connectivity index (χ2n) is 5.95. The van der Waals surface area contributed by atoms with E-state index in [0.29, 0.717) is 11.9 Å². The Kier molecular flexibility index (Phi) is 5.01. The van der Waals surface area contributed by atoms with E-state index >= 15 is 0 Å². The second kappa shape index (κ2) is 6.53. The molecule has 2 fully saturated rings. The van der Waals surface area contributed by atoms with Crippen molar-refractivity contribution in [2.45, 2.75) is 50.6 Å². The molecule has 0 spiro atoms. The van der Waals surface area contributed by atoms with Crippen LogP contribution in [-0.2, 0) is 4.79 Å². The average Bonchev–Trinajstić information content (AvgIpc) is 2.53. The normalized spacial score (nSPS) is 27.6. The molecule has 1 unspecified atom stereocenters. The molecule has 0 radical (unpaired) electrons. The Hall–Kier alpha value is -0.610. The van der Waals surface area contributed by atoms with Gasteiger partial charge >= 0.3 is 0 Å². The number of amides is 1. The fourth-order valence-corrected chi connectivity index (χ4v) is 3.19. The Bertz CT molecular complexity index is 274. The molecule has 1 N–H and O–H groups in total. The average molecular weight is 253 g/mol. The lowest BCUT2D eigenvalue weighted by molar-refractivity contribution is -0.135. The zero-order chi connectivity index (χ0) is 13.0. The zero-order valence-corrected chi connectivity index (χ0v) is 11.8. The SMILES string of the molecule is CN(C)CC1NCCCN(C2CCCCC2)C1=O. The molecule has 2 rings (SSSR count). The Balaban J connectivity index is 2.01. The number of nitrogens with one attached hydrogen (secondary N) is 1. The van der Waals surface area contributed by atoms with Crippen LogP contribution < -0.4 is 5.32 Å². The van der Waals surface area contributed by atoms with Crippen LogP contribution >= 0.6 is 0 Å². The van der Waals surface area contributed by atoms with Crippen molar-refractivity contribution in [1.29, 1.82) is 0 Å². The number of rotatable bonds is 3. The standard InChI is InChI=1S/C14H27N3O/c1-16(2)11-13-14(18)17(10-6-9-15-13)12-7-4-3-5-8-12/h12-13,15H,3-11H2,1-2H3. The molecule has 1 saturated heterocycles. The van der Waals surface area contributed by atoms with Crippen molar-refractivity contribution in [2.24, 2.45) is 0 Å². The van der Waals surface area contributed by atoms with E-state index in [9.17, 15) is 4.79 Å². The van der Waals surface area contributed by atoms with Crippen molar-refractivity contribution >= 4 is 5.91 Å². The summed E-state index contributed by atoms with van der Waals surface area (Å²) in [5.74, 6) is 0.327. The van der Waals surface area contributed by atoms with Crippen LogP contribution in [0.4, 0.5) is 0 Å². The van der Waals surface area contributed by atoms with Gasteiger partial charge in [0.25, 0.3) is 0 Å². The monoisotopic (exact) mass is 253 g/mol. The first-order chi connectivity index (χ1) is 8.68. The molecule has 1 aliphatic heterocycles. The Labute approximate surface area is 111 Å². The van der Waals surface area contributed by atoms with Gasteiger partial charge in [0, 0.05) is 19.1 Å². The lowest BCUT2D eigenvalue weighted by Crippen LogP contribution is -2.52. The molecule has 0 aromatic rings. The van der Waals surface area contributed by atoms with Crippen LogP contribution in [0.5, 0.6) is 0 Å². The third-order valence-electron chi connectivity index (χ3n) is 4.11. The molecule has 2 aliphatic rings. The van der Waals surface area contributed by atoms with Crippen LogP contribution in [0.25, 0.3) is 0 Å². The number of carbonyl (C=O) groups excluding carboxylic acids is 1. The zero-order valence-electron chi connectivity index (χ0n) is 11.8. The van der Waals surface area contributed by atoms with E-state index in [4.69, 9.17) is 0 Å². The third-order valence-corrected chi connectivity index (χ3v) is 4.11. The number of hydrogen-bond acceptors (Lipinski definition) is 3. The predicted octanol–water partition coefficient (Wildman–Crippen LogP) is 1.07. The maximum atomic E-state index is 12.6. The Morgan fingerprint density at radius 2 is 1.94 bits per heavy atom. The van der Waals surface area contributed by atoms with Gasteiger partial charge in [-0.2, -0.15) is 0 Å². The fourth-order valence-electron chi connectivity index (χ4n) is 3.19. The fraction of sp³-hybridized carbons (Fsp3) is 0.929. The largest absolute Gasteiger partial charge is 0.338 e. The summed E-state index contributed by atoms with van der Waals surface area (Å²) >= 11 is 0. The number of nitrogens with zero attached hydrogens (tertiary/aromatic N) is 2. The summed E-state index contributed by atoms with van der Waals surface area (Å²) < 4.78 is 0. The van der Waals surface area contributed by atoms with Crippen LogP contribution in [0.2, 0.25) is 0 Å². The third kappa shape index (κ3) is 3.45. The summed E-state index contributed by atoms with van der Waals surface area (Å²) in [5.41, 5.74) is 0. The molecule has 0 bridgehead atoms. The second-order valence-corrected chi connectivity index (χ2v) is 5.95. The van der Waals surface area contributed by atoms with Gasteiger partial charge in [-0.1, -0.05) is 19.3 Å². The van der Waals surface area contributed by atoms with Crippen molar-refractivity contribution in [3.8, 4) is 0 Å². The quantitative estimate of drug-likeness (QED) is 0.817. The maximum Gasteiger partial charge on any atom is 0.241 e. The summed E-state index contributed by atoms with van der Waals surface area (Å²) in [6.07, 6.45) is 7.44. The molecule has 1 saturated carbocycles. The van der Waals surface area contributed by atoms with Gasteiger partial charge in [0.05, 0.1) is 6.04 Å². The number of hydrogen-bond donors (Lipinski definition) is 1. The molecular weight excluding hydrogens is 226 g/mol. The summed E-state index contributed by atoms with van der Waals surface area (Å²) in [6, 6.07) is 0.500. The molecule has 1 aliphatic carbocycles. The lowest BCUT2D eigenvalue weighted by Gasteiger charge is -2.35. The lowest BCUT2D eigenvalue weighted by atomic mass is 9.93. The van der Waals surface area contributed by atoms with E-state index in [1.54, 1.807) is 0 Å². The molecule has 18 heavy (non-hydrogen) atoms. The van der Waals surface area contributed by atoms with E-state index in [-0.39, 0.29) is 6.04 Å². The van der Waals surface area contributed by atoms with Gasteiger partial charge < -0.3 is 15.1 Å². The smallest absolute Gasteiger partial charge is 0.241 e. The van der Waals surface area contributed by atoms with Gasteiger partial charge in [0.1, 0.15) is 0 Å². The maximum absolute atomic E-state index is 12.6. The molecule has 4 heteroatoms. The van der Waals surface area contributed by atoms with Gasteiger partial charge in [-0.15, -0.1) is 0 Å². The topological polar surface area (TPSA) is 35.6 Å². The van der Waals surface area contributed by atoms with Gasteiger partial charge in [-0.3, -0.25) is 4.79 Å². The van der Waals surface area contributed by atoms with Crippen LogP contribution in [-0.4, -0.2) is 61.5 Å².